The Morgan fingerprint density at radius 3 is 2.00 bits per heavy atom. The van der Waals surface area contributed by atoms with Crippen molar-refractivity contribution in [2.45, 2.75) is 0 Å². The standard InChI is InChI=1S/CH6Si3/c1-3-4-2/h3-4H,1-2H2. The second kappa shape index (κ2) is 3.52. The van der Waals surface area contributed by atoms with E-state index >= 15 is 0 Å². The van der Waals surface area contributed by atoms with E-state index in [0.29, 0.717) is 8.65 Å². The van der Waals surface area contributed by atoms with Crippen LogP contribution in [0.1, 0.15) is 0 Å². The summed E-state index contributed by atoms with van der Waals surface area (Å²) in [5.74, 6) is 0. The van der Waals surface area contributed by atoms with Gasteiger partial charge in [-0.3, -0.25) is 0 Å². The van der Waals surface area contributed by atoms with Gasteiger partial charge in [-0.15, -0.1) is 6.17 Å². The molecule has 0 aromatic heterocycles. The third-order valence-electron chi connectivity index (χ3n) is 0.167. The van der Waals surface area contributed by atoms with Crippen molar-refractivity contribution < 1.29 is 0 Å². The first-order valence-corrected chi connectivity index (χ1v) is 7.90. The van der Waals surface area contributed by atoms with Gasteiger partial charge in [-0.2, -0.15) is 0 Å². The lowest BCUT2D eigenvalue weighted by Crippen LogP contribution is -1.74. The molecule has 0 amide bonds. The average molecular weight is 102 g/mol. The summed E-state index contributed by atoms with van der Waals surface area (Å²) in [6.07, 6.45) is 3.73. The van der Waals surface area contributed by atoms with Crippen LogP contribution in [0.5, 0.6) is 0 Å². The molecular weight excluding hydrogens is 96.3 g/mol. The molecule has 0 spiro atoms. The summed E-state index contributed by atoms with van der Waals surface area (Å²) in [4.78, 5) is 0. The first-order chi connectivity index (χ1) is 1.91. The average Bonchev–Trinajstić information content (AvgIpc) is 1.37. The molecule has 0 N–H and O–H groups in total. The van der Waals surface area contributed by atoms with Crippen molar-refractivity contribution in [2.75, 3.05) is 0 Å². The monoisotopic (exact) mass is 102 g/mol. The van der Waals surface area contributed by atoms with Crippen LogP contribution in [0.3, 0.4) is 0 Å². The third kappa shape index (κ3) is 2.52. The van der Waals surface area contributed by atoms with Crippen molar-refractivity contribution in [3.05, 3.63) is 0 Å². The van der Waals surface area contributed by atoms with E-state index in [4.69, 9.17) is 0 Å². The van der Waals surface area contributed by atoms with Gasteiger partial charge in [0.2, 0.25) is 0 Å². The SMILES string of the molecule is C=[SiH][SiH]=[SiH2]. The van der Waals surface area contributed by atoms with Crippen molar-refractivity contribution >= 4 is 32.3 Å². The Balaban J connectivity index is 2.73. The van der Waals surface area contributed by atoms with Crippen molar-refractivity contribution in [3.8, 4) is 0 Å². The topological polar surface area (TPSA) is 0 Å². The molecule has 0 radical (unpaired) electrons. The normalized spacial score (nSPS) is 5.00. The van der Waals surface area contributed by atoms with E-state index < -0.39 is 0 Å². The summed E-state index contributed by atoms with van der Waals surface area (Å²) in [5, 5.41) is 0. The van der Waals surface area contributed by atoms with E-state index in [-0.39, 0.29) is 0 Å². The highest BCUT2D eigenvalue weighted by atomic mass is 29.3. The Morgan fingerprint density at radius 2 is 2.00 bits per heavy atom. The van der Waals surface area contributed by atoms with E-state index in [1.807, 2.05) is 0 Å². The zero-order valence-electron chi connectivity index (χ0n) is 2.57. The summed E-state index contributed by atoms with van der Waals surface area (Å²) in [6.45, 7) is 0. The summed E-state index contributed by atoms with van der Waals surface area (Å²) >= 11 is 0. The molecule has 0 bridgehead atoms. The molecule has 4 heavy (non-hydrogen) atoms. The Labute approximate surface area is 33.0 Å². The maximum Gasteiger partial charge on any atom is -0.0137 e. The van der Waals surface area contributed by atoms with Crippen molar-refractivity contribution in [2.24, 2.45) is 0 Å². The molecule has 3 heteroatoms. The van der Waals surface area contributed by atoms with Gasteiger partial charge in [0.05, 0.1) is 0 Å². The highest BCUT2D eigenvalue weighted by molar-refractivity contribution is 7.07. The number of hydrogen-bond donors (Lipinski definition) is 0. The maximum absolute atomic E-state index is 3.73. The molecular formula is CH6Si3. The van der Waals surface area contributed by atoms with Crippen LogP contribution in [0.4, 0.5) is 0 Å². The number of rotatable bonds is 1. The van der Waals surface area contributed by atoms with E-state index in [1.54, 1.807) is 0 Å². The van der Waals surface area contributed by atoms with Crippen LogP contribution in [-0.2, 0) is 0 Å². The Kier molecular flexibility index (Phi) is 3.98. The van der Waals surface area contributed by atoms with Gasteiger partial charge in [0.1, 0.15) is 0 Å². The molecule has 0 atom stereocenters. The minimum atomic E-state index is 0.628. The van der Waals surface area contributed by atoms with Crippen molar-refractivity contribution in [1.29, 1.82) is 0 Å². The fourth-order valence-corrected chi connectivity index (χ4v) is 0. The maximum atomic E-state index is 3.73. The molecule has 0 aliphatic carbocycles. The molecule has 0 rings (SSSR count). The first-order valence-electron chi connectivity index (χ1n) is 1.15. The van der Waals surface area contributed by atoms with E-state index in [1.165, 1.54) is 0 Å². The molecule has 0 aromatic rings. The van der Waals surface area contributed by atoms with Crippen LogP contribution in [0, 0.1) is 0 Å². The molecule has 0 unspecified atom stereocenters. The second-order valence-electron chi connectivity index (χ2n) is 0.471. The predicted octanol–water partition coefficient (Wildman–Crippen LogP) is -2.25. The van der Waals surface area contributed by atoms with Gasteiger partial charge < -0.3 is 0 Å². The van der Waals surface area contributed by atoms with Gasteiger partial charge in [-0.05, 0) is 26.1 Å². The van der Waals surface area contributed by atoms with Gasteiger partial charge in [-0.1, -0.05) is 0 Å². The molecule has 0 fully saturated rings. The Morgan fingerprint density at radius 1 is 1.75 bits per heavy atom. The summed E-state index contributed by atoms with van der Waals surface area (Å²) in [6, 6.07) is 0. The Hall–Kier alpha value is 0.521. The largest absolute Gasteiger partial charge is 0.121 e. The minimum absolute atomic E-state index is 0.628. The van der Waals surface area contributed by atoms with Crippen LogP contribution in [0.25, 0.3) is 0 Å². The number of hydrogen-bond acceptors (Lipinski definition) is 0. The molecule has 0 aliphatic heterocycles. The lowest BCUT2D eigenvalue weighted by atomic mass is 12.0. The molecule has 0 nitrogen and oxygen atoms in total. The fourth-order valence-electron chi connectivity index (χ4n) is 0. The van der Waals surface area contributed by atoms with Crippen LogP contribution >= 0.6 is 0 Å². The lowest BCUT2D eigenvalue weighted by molar-refractivity contribution is 4.25. The molecule has 0 aromatic carbocycles. The zero-order chi connectivity index (χ0) is 3.41. The lowest BCUT2D eigenvalue weighted by Gasteiger charge is -1.40. The predicted molar refractivity (Wildman–Crippen MR) is 30.0 cm³/mol. The van der Waals surface area contributed by atoms with Gasteiger partial charge >= 0.3 is 0 Å². The summed E-state index contributed by atoms with van der Waals surface area (Å²) in [5.41, 5.74) is 0. The summed E-state index contributed by atoms with van der Waals surface area (Å²) in [7, 11) is 3.49. The van der Waals surface area contributed by atoms with E-state index in [2.05, 4.69) is 15.5 Å². The molecule has 0 saturated heterocycles. The van der Waals surface area contributed by atoms with Crippen LogP contribution in [0.2, 0.25) is 0 Å². The van der Waals surface area contributed by atoms with E-state index in [9.17, 15) is 0 Å². The molecule has 0 heterocycles. The van der Waals surface area contributed by atoms with Crippen LogP contribution in [0.15, 0.2) is 0 Å². The minimum Gasteiger partial charge on any atom is -0.121 e. The van der Waals surface area contributed by atoms with E-state index in [0.717, 1.165) is 8.13 Å². The highest BCUT2D eigenvalue weighted by Crippen LogP contribution is 0.998. The van der Waals surface area contributed by atoms with Gasteiger partial charge in [0, 0.05) is 0 Å². The van der Waals surface area contributed by atoms with Crippen molar-refractivity contribution in [1.82, 2.24) is 0 Å². The van der Waals surface area contributed by atoms with Crippen LogP contribution < -0.4 is 0 Å². The first kappa shape index (κ1) is 4.52. The summed E-state index contributed by atoms with van der Waals surface area (Å²) < 4.78 is 0. The Bertz CT molecular complexity index is 24.3. The smallest absolute Gasteiger partial charge is 0.0137 e. The fraction of sp³-hybridized carbons (Fsp3) is 0. The molecule has 0 saturated carbocycles. The van der Waals surface area contributed by atoms with Crippen LogP contribution in [-0.4, -0.2) is 32.3 Å². The zero-order valence-corrected chi connectivity index (χ0v) is 6.29. The third-order valence-corrected chi connectivity index (χ3v) is 4.50. The molecule has 22 valence electrons. The highest BCUT2D eigenvalue weighted by Gasteiger charge is 1.33. The van der Waals surface area contributed by atoms with Gasteiger partial charge in [0.15, 0.2) is 0 Å². The second-order valence-corrected chi connectivity index (χ2v) is 8.49. The van der Waals surface area contributed by atoms with Gasteiger partial charge in [0.25, 0.3) is 0 Å². The van der Waals surface area contributed by atoms with Gasteiger partial charge in [-0.25, -0.2) is 0 Å². The van der Waals surface area contributed by atoms with Crippen molar-refractivity contribution in [3.63, 3.8) is 0 Å². The quantitative estimate of drug-likeness (QED) is 0.328. The molecule has 0 aliphatic rings.